The Hall–Kier alpha value is -4.97. The largest absolute Gasteiger partial charge is 0.497 e. The van der Waals surface area contributed by atoms with Gasteiger partial charge in [-0.1, -0.05) is 66.7 Å². The molecule has 0 radical (unpaired) electrons. The molecule has 51 heavy (non-hydrogen) atoms. The number of amides is 1. The van der Waals surface area contributed by atoms with Crippen molar-refractivity contribution in [1.29, 1.82) is 0 Å². The van der Waals surface area contributed by atoms with Crippen molar-refractivity contribution in [1.82, 2.24) is 9.97 Å². The number of aliphatic hydroxyl groups excluding tert-OH is 1. The van der Waals surface area contributed by atoms with E-state index in [0.29, 0.717) is 37.8 Å². The molecule has 11 nitrogen and oxygen atoms in total. The van der Waals surface area contributed by atoms with Crippen molar-refractivity contribution in [2.75, 3.05) is 19.0 Å². The first kappa shape index (κ1) is 35.8. The number of hydrogen-bond donors (Lipinski definition) is 3. The number of H-pyrrole nitrogens is 1. The molecule has 0 bridgehead atoms. The number of aromatic amines is 1. The number of benzene rings is 3. The van der Waals surface area contributed by atoms with Gasteiger partial charge in [-0.25, -0.2) is 9.98 Å². The van der Waals surface area contributed by atoms with E-state index in [-0.39, 0.29) is 61.1 Å². The maximum absolute atomic E-state index is 13.0. The third-order valence-electron chi connectivity index (χ3n) is 9.61. The predicted octanol–water partition coefficient (Wildman–Crippen LogP) is 6.10. The van der Waals surface area contributed by atoms with E-state index < -0.39 is 11.2 Å². The van der Waals surface area contributed by atoms with Crippen molar-refractivity contribution < 1.29 is 28.9 Å². The minimum atomic E-state index is -1.01. The molecule has 6 rings (SSSR count). The second-order valence-electron chi connectivity index (χ2n) is 13.2. The maximum Gasteiger partial charge on any atom is 0.278 e. The van der Waals surface area contributed by atoms with E-state index in [1.807, 2.05) is 85.8 Å². The van der Waals surface area contributed by atoms with Crippen molar-refractivity contribution in [3.8, 4) is 5.75 Å². The lowest BCUT2D eigenvalue weighted by Crippen LogP contribution is -2.36. The molecule has 4 aromatic rings. The van der Waals surface area contributed by atoms with Gasteiger partial charge in [-0.15, -0.1) is 0 Å². The summed E-state index contributed by atoms with van der Waals surface area (Å²) in [7, 11) is 1.63. The first-order valence-electron chi connectivity index (χ1n) is 17.4. The van der Waals surface area contributed by atoms with Crippen LogP contribution in [0.15, 0.2) is 88.6 Å². The van der Waals surface area contributed by atoms with E-state index in [1.165, 1.54) is 6.92 Å². The van der Waals surface area contributed by atoms with Gasteiger partial charge >= 0.3 is 0 Å². The molecule has 0 saturated carbocycles. The van der Waals surface area contributed by atoms with Gasteiger partial charge in [0.05, 0.1) is 44.1 Å². The molecule has 2 aliphatic heterocycles. The Morgan fingerprint density at radius 2 is 1.63 bits per heavy atom. The summed E-state index contributed by atoms with van der Waals surface area (Å²) in [4.78, 5) is 48.7. The molecule has 1 fully saturated rings. The van der Waals surface area contributed by atoms with Crippen molar-refractivity contribution in [2.45, 2.75) is 82.7 Å². The Labute approximate surface area is 297 Å². The molecule has 3 N–H and O–H groups in total. The molecular weight excluding hydrogens is 648 g/mol. The number of ether oxygens (including phenoxy) is 3. The quantitative estimate of drug-likeness (QED) is 0.0998. The lowest BCUT2D eigenvalue weighted by molar-refractivity contribution is -0.118. The molecule has 3 heterocycles. The summed E-state index contributed by atoms with van der Waals surface area (Å²) in [5.41, 5.74) is 3.55. The van der Waals surface area contributed by atoms with Crippen LogP contribution >= 0.6 is 0 Å². The SMILES string of the molecule is COc1ccc(C(OC[C@@H]2CC[C@H](C3C(C)=Nc4c3nc(NC(=O)CCCCC(C)=O)[nH]c4=O)O2)(c2ccccc2)c2ccc(CO)cc2)cc1. The number of aliphatic hydroxyl groups is 1. The number of hydrogen-bond acceptors (Lipinski definition) is 9. The lowest BCUT2D eigenvalue weighted by Gasteiger charge is -2.37. The number of nitrogens with one attached hydrogen (secondary N) is 2. The van der Waals surface area contributed by atoms with Crippen LogP contribution in [0.2, 0.25) is 0 Å². The maximum atomic E-state index is 13.0. The molecule has 0 spiro atoms. The van der Waals surface area contributed by atoms with Crippen LogP contribution in [0.1, 0.15) is 86.2 Å². The van der Waals surface area contributed by atoms with E-state index >= 15 is 0 Å². The molecule has 266 valence electrons. The Morgan fingerprint density at radius 3 is 2.29 bits per heavy atom. The number of fused-ring (bicyclic) bond motifs is 1. The number of unbranched alkanes of at least 4 members (excludes halogenated alkanes) is 1. The summed E-state index contributed by atoms with van der Waals surface area (Å²) in [5, 5.41) is 12.5. The molecule has 11 heteroatoms. The standard InChI is InChI=1S/C40H44N4O7/c1-25(46)9-7-8-12-34(47)42-39-43-36-35(26(2)41-37(36)38(48)44-39)33-22-21-32(51-33)24-50-40(28-10-5-4-6-11-28,29-15-13-27(23-45)14-16-29)30-17-19-31(49-3)20-18-30/h4-6,10-11,13-20,32-33,35,45H,7-9,12,21-24H2,1-3H3,(H2,42,43,44,47,48)/t32-,33+,35?,40?/m0/s1. The summed E-state index contributed by atoms with van der Waals surface area (Å²) >= 11 is 0. The van der Waals surface area contributed by atoms with Gasteiger partial charge in [-0.05, 0) is 73.9 Å². The normalized spacial score (nSPS) is 19.2. The molecule has 0 aliphatic carbocycles. The number of ketones is 1. The van der Waals surface area contributed by atoms with Crippen LogP contribution in [0.3, 0.4) is 0 Å². The average Bonchev–Trinajstić information content (AvgIpc) is 3.74. The number of carbonyl (C=O) groups is 2. The van der Waals surface area contributed by atoms with E-state index in [1.54, 1.807) is 7.11 Å². The number of methoxy groups -OCH3 is 1. The highest BCUT2D eigenvalue weighted by Crippen LogP contribution is 2.44. The Balaban J connectivity index is 1.23. The van der Waals surface area contributed by atoms with Crippen LogP contribution in [0.5, 0.6) is 5.75 Å². The zero-order valence-electron chi connectivity index (χ0n) is 29.2. The molecule has 1 aromatic heterocycles. The highest BCUT2D eigenvalue weighted by Gasteiger charge is 2.43. The molecule has 2 aliphatic rings. The monoisotopic (exact) mass is 692 g/mol. The minimum Gasteiger partial charge on any atom is -0.497 e. The number of anilines is 1. The Bertz CT molecular complexity index is 1880. The number of rotatable bonds is 15. The van der Waals surface area contributed by atoms with E-state index in [4.69, 9.17) is 14.2 Å². The Morgan fingerprint density at radius 1 is 0.961 bits per heavy atom. The third kappa shape index (κ3) is 7.85. The first-order valence-corrected chi connectivity index (χ1v) is 17.4. The molecule has 3 aromatic carbocycles. The fraction of sp³-hybridized carbons (Fsp3) is 0.375. The molecular formula is C40H44N4O7. The minimum absolute atomic E-state index is 0.0663. The second-order valence-corrected chi connectivity index (χ2v) is 13.2. The number of nitrogens with zero attached hydrogens (tertiary/aromatic N) is 2. The van der Waals surface area contributed by atoms with Gasteiger partial charge in [-0.3, -0.25) is 19.9 Å². The van der Waals surface area contributed by atoms with Crippen LogP contribution < -0.4 is 15.6 Å². The summed E-state index contributed by atoms with van der Waals surface area (Å²) in [6, 6.07) is 25.7. The average molecular weight is 693 g/mol. The molecule has 1 saturated heterocycles. The predicted molar refractivity (Wildman–Crippen MR) is 194 cm³/mol. The van der Waals surface area contributed by atoms with Gasteiger partial charge in [0.25, 0.3) is 5.56 Å². The van der Waals surface area contributed by atoms with E-state index in [2.05, 4.69) is 20.3 Å². The molecule has 2 unspecified atom stereocenters. The number of Topliss-reactive ketones (excluding diaryl/α,β-unsaturated/α-hetero) is 1. The van der Waals surface area contributed by atoms with Crippen LogP contribution in [-0.2, 0) is 31.3 Å². The highest BCUT2D eigenvalue weighted by atomic mass is 16.6. The summed E-state index contributed by atoms with van der Waals surface area (Å²) in [5.74, 6) is 0.248. The van der Waals surface area contributed by atoms with Crippen molar-refractivity contribution in [3.63, 3.8) is 0 Å². The number of aliphatic imine (C=N–C) groups is 1. The first-order chi connectivity index (χ1) is 24.7. The zero-order valence-corrected chi connectivity index (χ0v) is 29.2. The second kappa shape index (κ2) is 15.9. The number of aromatic nitrogens is 2. The van der Waals surface area contributed by atoms with Crippen LogP contribution in [0.25, 0.3) is 0 Å². The van der Waals surface area contributed by atoms with E-state index in [9.17, 15) is 19.5 Å². The van der Waals surface area contributed by atoms with Gasteiger partial charge in [0.2, 0.25) is 11.9 Å². The summed E-state index contributed by atoms with van der Waals surface area (Å²) in [6.45, 7) is 3.60. The van der Waals surface area contributed by atoms with Gasteiger partial charge in [0.15, 0.2) is 5.69 Å². The van der Waals surface area contributed by atoms with Crippen LogP contribution in [-0.4, -0.2) is 58.4 Å². The topological polar surface area (TPSA) is 152 Å². The van der Waals surface area contributed by atoms with Crippen LogP contribution in [0.4, 0.5) is 11.6 Å². The highest BCUT2D eigenvalue weighted by molar-refractivity contribution is 5.96. The lowest BCUT2D eigenvalue weighted by atomic mass is 9.79. The third-order valence-corrected chi connectivity index (χ3v) is 9.61. The van der Waals surface area contributed by atoms with Gasteiger partial charge in [-0.2, -0.15) is 0 Å². The Kier molecular flexibility index (Phi) is 11.2. The van der Waals surface area contributed by atoms with Crippen LogP contribution in [0, 0.1) is 0 Å². The fourth-order valence-electron chi connectivity index (χ4n) is 7.02. The van der Waals surface area contributed by atoms with Crippen molar-refractivity contribution in [2.24, 2.45) is 4.99 Å². The van der Waals surface area contributed by atoms with Crippen molar-refractivity contribution in [3.05, 3.63) is 117 Å². The van der Waals surface area contributed by atoms with Crippen molar-refractivity contribution >= 4 is 29.0 Å². The van der Waals surface area contributed by atoms with Gasteiger partial charge in [0.1, 0.15) is 17.1 Å². The summed E-state index contributed by atoms with van der Waals surface area (Å²) in [6.07, 6.45) is 2.68. The molecule has 4 atom stereocenters. The van der Waals surface area contributed by atoms with E-state index in [0.717, 1.165) is 33.7 Å². The zero-order chi connectivity index (χ0) is 36.0. The number of carbonyl (C=O) groups excluding carboxylic acids is 2. The smallest absolute Gasteiger partial charge is 0.278 e. The summed E-state index contributed by atoms with van der Waals surface area (Å²) < 4.78 is 19.2. The fourth-order valence-corrected chi connectivity index (χ4v) is 7.02. The van der Waals surface area contributed by atoms with Gasteiger partial charge < -0.3 is 24.1 Å². The molecule has 1 amide bonds. The van der Waals surface area contributed by atoms with Gasteiger partial charge in [0, 0.05) is 18.6 Å².